The minimum Gasteiger partial charge on any atom is -0.393 e. The van der Waals surface area contributed by atoms with Crippen LogP contribution in [-0.4, -0.2) is 11.2 Å². The standard InChI is InChI=1S/C15H22O/c1-12-5-4-6-13(11-12)9-10-15(16)14-7-2-3-8-14/h4-6,11,14-16H,2-3,7-10H2,1H3. The van der Waals surface area contributed by atoms with Crippen molar-refractivity contribution in [2.75, 3.05) is 0 Å². The smallest absolute Gasteiger partial charge is 0.0571 e. The van der Waals surface area contributed by atoms with Crippen LogP contribution in [0, 0.1) is 12.8 Å². The first-order valence-electron chi connectivity index (χ1n) is 6.49. The average Bonchev–Trinajstić information content (AvgIpc) is 2.79. The van der Waals surface area contributed by atoms with Crippen molar-refractivity contribution in [3.05, 3.63) is 35.4 Å². The summed E-state index contributed by atoms with van der Waals surface area (Å²) in [6.45, 7) is 2.12. The van der Waals surface area contributed by atoms with Crippen molar-refractivity contribution in [2.45, 2.75) is 51.6 Å². The van der Waals surface area contributed by atoms with E-state index in [1.54, 1.807) is 0 Å². The van der Waals surface area contributed by atoms with Crippen LogP contribution in [0.4, 0.5) is 0 Å². The van der Waals surface area contributed by atoms with E-state index >= 15 is 0 Å². The summed E-state index contributed by atoms with van der Waals surface area (Å²) in [6.07, 6.45) is 6.94. The molecule has 1 unspecified atom stereocenters. The molecule has 1 nitrogen and oxygen atoms in total. The molecule has 0 radical (unpaired) electrons. The third-order valence-corrected chi connectivity index (χ3v) is 3.76. The molecule has 0 aromatic heterocycles. The van der Waals surface area contributed by atoms with Crippen LogP contribution in [-0.2, 0) is 6.42 Å². The maximum Gasteiger partial charge on any atom is 0.0571 e. The Morgan fingerprint density at radius 2 is 2.06 bits per heavy atom. The zero-order valence-corrected chi connectivity index (χ0v) is 10.2. The highest BCUT2D eigenvalue weighted by atomic mass is 16.3. The molecule has 1 aliphatic rings. The van der Waals surface area contributed by atoms with Crippen molar-refractivity contribution in [1.29, 1.82) is 0 Å². The van der Waals surface area contributed by atoms with Crippen LogP contribution in [0.1, 0.15) is 43.2 Å². The quantitative estimate of drug-likeness (QED) is 0.820. The Morgan fingerprint density at radius 3 is 2.75 bits per heavy atom. The van der Waals surface area contributed by atoms with Crippen molar-refractivity contribution in [1.82, 2.24) is 0 Å². The molecule has 1 N–H and O–H groups in total. The van der Waals surface area contributed by atoms with Crippen LogP contribution in [0.15, 0.2) is 24.3 Å². The van der Waals surface area contributed by atoms with Crippen molar-refractivity contribution in [3.8, 4) is 0 Å². The van der Waals surface area contributed by atoms with Crippen molar-refractivity contribution in [3.63, 3.8) is 0 Å². The van der Waals surface area contributed by atoms with Crippen LogP contribution < -0.4 is 0 Å². The summed E-state index contributed by atoms with van der Waals surface area (Å²) in [7, 11) is 0. The Kier molecular flexibility index (Phi) is 4.00. The second-order valence-electron chi connectivity index (χ2n) is 5.14. The van der Waals surface area contributed by atoms with E-state index in [9.17, 15) is 5.11 Å². The molecule has 1 heteroatoms. The summed E-state index contributed by atoms with van der Waals surface area (Å²) in [5.74, 6) is 0.574. The van der Waals surface area contributed by atoms with E-state index < -0.39 is 0 Å². The van der Waals surface area contributed by atoms with Crippen LogP contribution in [0.3, 0.4) is 0 Å². The van der Waals surface area contributed by atoms with Gasteiger partial charge in [0.05, 0.1) is 6.10 Å². The van der Waals surface area contributed by atoms with E-state index in [2.05, 4.69) is 31.2 Å². The van der Waals surface area contributed by atoms with Crippen LogP contribution >= 0.6 is 0 Å². The summed E-state index contributed by atoms with van der Waals surface area (Å²) in [6, 6.07) is 8.61. The maximum absolute atomic E-state index is 10.1. The number of aliphatic hydroxyl groups is 1. The monoisotopic (exact) mass is 218 g/mol. The van der Waals surface area contributed by atoms with E-state index in [4.69, 9.17) is 0 Å². The highest BCUT2D eigenvalue weighted by molar-refractivity contribution is 5.22. The van der Waals surface area contributed by atoms with Crippen LogP contribution in [0.5, 0.6) is 0 Å². The second-order valence-corrected chi connectivity index (χ2v) is 5.14. The molecule has 1 atom stereocenters. The maximum atomic E-state index is 10.1. The van der Waals surface area contributed by atoms with Crippen molar-refractivity contribution < 1.29 is 5.11 Å². The topological polar surface area (TPSA) is 20.2 Å². The number of rotatable bonds is 4. The van der Waals surface area contributed by atoms with E-state index in [1.807, 2.05) is 0 Å². The molecule has 16 heavy (non-hydrogen) atoms. The molecule has 0 amide bonds. The Balaban J connectivity index is 1.82. The molecule has 0 heterocycles. The normalized spacial score (nSPS) is 18.9. The summed E-state index contributed by atoms with van der Waals surface area (Å²) in [5, 5.41) is 10.1. The predicted molar refractivity (Wildman–Crippen MR) is 67.5 cm³/mol. The lowest BCUT2D eigenvalue weighted by Gasteiger charge is -2.17. The molecule has 88 valence electrons. The Bertz CT molecular complexity index is 326. The molecule has 0 spiro atoms. The van der Waals surface area contributed by atoms with Gasteiger partial charge in [0.25, 0.3) is 0 Å². The summed E-state index contributed by atoms with van der Waals surface area (Å²) >= 11 is 0. The fraction of sp³-hybridized carbons (Fsp3) is 0.600. The van der Waals surface area contributed by atoms with Gasteiger partial charge in [0.2, 0.25) is 0 Å². The highest BCUT2D eigenvalue weighted by Gasteiger charge is 2.22. The minimum absolute atomic E-state index is 0.0805. The van der Waals surface area contributed by atoms with Gasteiger partial charge in [0, 0.05) is 0 Å². The number of benzene rings is 1. The van der Waals surface area contributed by atoms with Gasteiger partial charge >= 0.3 is 0 Å². The molecule has 0 aliphatic heterocycles. The molecule has 2 rings (SSSR count). The van der Waals surface area contributed by atoms with E-state index in [-0.39, 0.29) is 6.10 Å². The molecule has 0 saturated heterocycles. The highest BCUT2D eigenvalue weighted by Crippen LogP contribution is 2.29. The molecular weight excluding hydrogens is 196 g/mol. The zero-order chi connectivity index (χ0) is 11.4. The van der Waals surface area contributed by atoms with Crippen LogP contribution in [0.2, 0.25) is 0 Å². The average molecular weight is 218 g/mol. The molecule has 1 fully saturated rings. The first kappa shape index (κ1) is 11.7. The lowest BCUT2D eigenvalue weighted by Crippen LogP contribution is -2.18. The zero-order valence-electron chi connectivity index (χ0n) is 10.2. The lowest BCUT2D eigenvalue weighted by atomic mass is 9.95. The number of aryl methyl sites for hydroxylation is 2. The van der Waals surface area contributed by atoms with Gasteiger partial charge in [-0.15, -0.1) is 0 Å². The SMILES string of the molecule is Cc1cccc(CCC(O)C2CCCC2)c1. The van der Waals surface area contributed by atoms with Gasteiger partial charge in [0.1, 0.15) is 0 Å². The molecule has 0 bridgehead atoms. The van der Waals surface area contributed by atoms with Gasteiger partial charge in [-0.25, -0.2) is 0 Å². The van der Waals surface area contributed by atoms with Gasteiger partial charge in [-0.2, -0.15) is 0 Å². The van der Waals surface area contributed by atoms with Gasteiger partial charge in [0.15, 0.2) is 0 Å². The predicted octanol–water partition coefficient (Wildman–Crippen LogP) is 3.48. The molecular formula is C15H22O. The number of hydrogen-bond donors (Lipinski definition) is 1. The Labute approximate surface area is 98.5 Å². The third kappa shape index (κ3) is 3.08. The summed E-state index contributed by atoms with van der Waals surface area (Å²) in [4.78, 5) is 0. The number of hydrogen-bond acceptors (Lipinski definition) is 1. The van der Waals surface area contributed by atoms with E-state index in [1.165, 1.54) is 36.8 Å². The second kappa shape index (κ2) is 5.49. The van der Waals surface area contributed by atoms with Gasteiger partial charge in [-0.3, -0.25) is 0 Å². The molecule has 1 aromatic carbocycles. The van der Waals surface area contributed by atoms with Crippen molar-refractivity contribution in [2.24, 2.45) is 5.92 Å². The lowest BCUT2D eigenvalue weighted by molar-refractivity contribution is 0.102. The summed E-state index contributed by atoms with van der Waals surface area (Å²) < 4.78 is 0. The third-order valence-electron chi connectivity index (χ3n) is 3.76. The van der Waals surface area contributed by atoms with Gasteiger partial charge in [-0.05, 0) is 44.1 Å². The van der Waals surface area contributed by atoms with Crippen LogP contribution in [0.25, 0.3) is 0 Å². The van der Waals surface area contributed by atoms with Gasteiger partial charge < -0.3 is 5.11 Å². The van der Waals surface area contributed by atoms with E-state index in [0.29, 0.717) is 5.92 Å². The Morgan fingerprint density at radius 1 is 1.31 bits per heavy atom. The summed E-state index contributed by atoms with van der Waals surface area (Å²) in [5.41, 5.74) is 2.67. The minimum atomic E-state index is -0.0805. The fourth-order valence-corrected chi connectivity index (χ4v) is 2.76. The largest absolute Gasteiger partial charge is 0.393 e. The molecule has 1 aromatic rings. The van der Waals surface area contributed by atoms with Gasteiger partial charge in [-0.1, -0.05) is 42.7 Å². The first-order valence-corrected chi connectivity index (χ1v) is 6.49. The number of aliphatic hydroxyl groups excluding tert-OH is 1. The molecule has 1 saturated carbocycles. The first-order chi connectivity index (χ1) is 7.75. The Hall–Kier alpha value is -0.820. The van der Waals surface area contributed by atoms with Crippen molar-refractivity contribution >= 4 is 0 Å². The van der Waals surface area contributed by atoms with E-state index in [0.717, 1.165) is 12.8 Å². The fourth-order valence-electron chi connectivity index (χ4n) is 2.76. The molecule has 1 aliphatic carbocycles.